The van der Waals surface area contributed by atoms with Crippen LogP contribution in [0.15, 0.2) is 121 Å². The Kier molecular flexibility index (Phi) is 7.59. The van der Waals surface area contributed by atoms with Gasteiger partial charge in [0.05, 0.1) is 29.5 Å². The first-order valence-corrected chi connectivity index (χ1v) is 17.9. The predicted molar refractivity (Wildman–Crippen MR) is 197 cm³/mol. The second kappa shape index (κ2) is 12.0. The Morgan fingerprint density at radius 3 is 2.21 bits per heavy atom. The number of hydrogen-bond donors (Lipinski definition) is 2. The number of imide groups is 2. The number of hydrogen-bond acceptors (Lipinski definition) is 7. The molecule has 9 rings (SSSR count). The molecule has 4 aromatic carbocycles. The number of aromatic hydroxyl groups is 1. The van der Waals surface area contributed by atoms with Gasteiger partial charge in [0.15, 0.2) is 9.75 Å². The van der Waals surface area contributed by atoms with Crippen LogP contribution in [0.4, 0.5) is 27.1 Å². The maximum absolute atomic E-state index is 14.6. The van der Waals surface area contributed by atoms with Gasteiger partial charge in [0.25, 0.3) is 11.8 Å². The maximum atomic E-state index is 14.6. The van der Waals surface area contributed by atoms with Gasteiger partial charge in [-0.05, 0) is 103 Å². The summed E-state index contributed by atoms with van der Waals surface area (Å²) in [5.41, 5.74) is 3.90. The Labute approximate surface area is 313 Å². The summed E-state index contributed by atoms with van der Waals surface area (Å²) in [6.07, 6.45) is 3.52. The van der Waals surface area contributed by atoms with Crippen LogP contribution in [0.25, 0.3) is 0 Å². The van der Waals surface area contributed by atoms with Gasteiger partial charge in [-0.25, -0.2) is 9.29 Å². The Balaban J connectivity index is 1.11. The lowest BCUT2D eigenvalue weighted by Gasteiger charge is -2.51. The van der Waals surface area contributed by atoms with E-state index in [9.17, 15) is 28.7 Å². The fraction of sp³-hybridized carbons (Fsp3) is 0.220. The molecule has 1 saturated carbocycles. The van der Waals surface area contributed by atoms with Gasteiger partial charge in [0, 0.05) is 29.3 Å². The van der Waals surface area contributed by atoms with Crippen LogP contribution < -0.4 is 19.9 Å². The molecule has 266 valence electrons. The Morgan fingerprint density at radius 1 is 0.792 bits per heavy atom. The van der Waals surface area contributed by atoms with E-state index in [0.717, 1.165) is 28.4 Å². The lowest BCUT2D eigenvalue weighted by molar-refractivity contribution is -0.125. The molecule has 2 saturated heterocycles. The number of nitrogens with zero attached hydrogens (tertiary/aromatic N) is 2. The van der Waals surface area contributed by atoms with Crippen molar-refractivity contribution in [1.82, 2.24) is 0 Å². The van der Waals surface area contributed by atoms with Crippen LogP contribution in [-0.4, -0.2) is 38.5 Å². The highest BCUT2D eigenvalue weighted by Gasteiger charge is 2.77. The third kappa shape index (κ3) is 4.88. The van der Waals surface area contributed by atoms with Gasteiger partial charge >= 0.3 is 0 Å². The fourth-order valence-electron chi connectivity index (χ4n) is 8.85. The van der Waals surface area contributed by atoms with Gasteiger partial charge in [-0.15, -0.1) is 23.2 Å². The number of fused-ring (bicyclic) bond motifs is 5. The van der Waals surface area contributed by atoms with E-state index < -0.39 is 57.0 Å². The molecule has 9 nitrogen and oxygen atoms in total. The van der Waals surface area contributed by atoms with Gasteiger partial charge in [-0.1, -0.05) is 29.8 Å². The molecule has 0 bridgehead atoms. The Bertz CT molecular complexity index is 2300. The molecular formula is C41H30Cl2FN3O6. The first-order chi connectivity index (χ1) is 25.5. The summed E-state index contributed by atoms with van der Waals surface area (Å²) in [5, 5.41) is 13.6. The number of anilines is 4. The number of allylic oxidation sites excluding steroid dienone is 3. The topological polar surface area (TPSA) is 116 Å². The minimum absolute atomic E-state index is 0.00997. The van der Waals surface area contributed by atoms with E-state index in [4.69, 9.17) is 27.9 Å². The molecule has 2 N–H and O–H groups in total. The van der Waals surface area contributed by atoms with Crippen molar-refractivity contribution < 1.29 is 33.4 Å². The van der Waals surface area contributed by atoms with E-state index in [1.165, 1.54) is 29.4 Å². The zero-order valence-electron chi connectivity index (χ0n) is 27.8. The molecule has 3 aliphatic heterocycles. The zero-order valence-corrected chi connectivity index (χ0v) is 29.4. The second-order valence-electron chi connectivity index (χ2n) is 14.1. The molecule has 3 fully saturated rings. The molecule has 0 radical (unpaired) electrons. The van der Waals surface area contributed by atoms with Crippen LogP contribution in [0.5, 0.6) is 11.5 Å². The van der Waals surface area contributed by atoms with Crippen molar-refractivity contribution in [3.63, 3.8) is 0 Å². The minimum atomic E-state index is -2.09. The van der Waals surface area contributed by atoms with Gasteiger partial charge < -0.3 is 15.2 Å². The molecule has 5 aliphatic rings. The van der Waals surface area contributed by atoms with Crippen LogP contribution in [0.2, 0.25) is 0 Å². The van der Waals surface area contributed by atoms with Crippen molar-refractivity contribution in [3.8, 4) is 11.5 Å². The second-order valence-corrected chi connectivity index (χ2v) is 15.3. The summed E-state index contributed by atoms with van der Waals surface area (Å²) >= 11 is 15.0. The van der Waals surface area contributed by atoms with Crippen molar-refractivity contribution in [1.29, 1.82) is 0 Å². The first kappa shape index (κ1) is 33.4. The van der Waals surface area contributed by atoms with Crippen LogP contribution in [0.3, 0.4) is 0 Å². The van der Waals surface area contributed by atoms with Crippen LogP contribution in [0.1, 0.15) is 18.4 Å². The number of phenols is 1. The number of halogens is 3. The molecule has 6 atom stereocenters. The lowest BCUT2D eigenvalue weighted by Crippen LogP contribution is -2.61. The fourth-order valence-corrected chi connectivity index (χ4v) is 9.80. The van der Waals surface area contributed by atoms with Crippen molar-refractivity contribution >= 4 is 69.6 Å². The normalized spacial score (nSPS) is 28.7. The number of benzene rings is 4. The standard InChI is InChI=1S/C41H30Cl2FN3O6/c42-40-20-32-30(15-16-31-34(32)37(50)46(36(31)49)27-12-8-26(9-13-27)45-25-4-2-1-3-5-25)35(23-18-22-19-29(48)14-17-33(22)53-21-23)41(40,43)39(52)47(38(40)51)28-10-6-24(44)7-11-28/h1-15,17,19,21,31-32,34-35,45,48H,16,18,20H2. The highest BCUT2D eigenvalue weighted by atomic mass is 35.5. The van der Waals surface area contributed by atoms with Gasteiger partial charge in [0.2, 0.25) is 11.8 Å². The van der Waals surface area contributed by atoms with E-state index in [2.05, 4.69) is 5.32 Å². The van der Waals surface area contributed by atoms with E-state index in [1.807, 2.05) is 36.4 Å². The molecular weight excluding hydrogens is 720 g/mol. The summed E-state index contributed by atoms with van der Waals surface area (Å²) in [6.45, 7) is 0. The van der Waals surface area contributed by atoms with Crippen molar-refractivity contribution in [2.24, 2.45) is 23.7 Å². The molecule has 0 spiro atoms. The third-order valence-corrected chi connectivity index (χ3v) is 12.6. The summed E-state index contributed by atoms with van der Waals surface area (Å²) in [7, 11) is 0. The predicted octanol–water partition coefficient (Wildman–Crippen LogP) is 7.39. The van der Waals surface area contributed by atoms with Crippen molar-refractivity contribution in [2.45, 2.75) is 29.0 Å². The van der Waals surface area contributed by atoms with Gasteiger partial charge in [0.1, 0.15) is 17.3 Å². The number of alkyl halides is 2. The van der Waals surface area contributed by atoms with E-state index in [1.54, 1.807) is 36.4 Å². The average Bonchev–Trinajstić information content (AvgIpc) is 3.50. The van der Waals surface area contributed by atoms with E-state index in [0.29, 0.717) is 28.1 Å². The minimum Gasteiger partial charge on any atom is -0.508 e. The quantitative estimate of drug-likeness (QED) is 0.124. The number of rotatable bonds is 5. The molecule has 3 heterocycles. The molecule has 4 aromatic rings. The molecule has 4 amide bonds. The summed E-state index contributed by atoms with van der Waals surface area (Å²) in [5.74, 6) is -5.88. The molecule has 53 heavy (non-hydrogen) atoms. The largest absolute Gasteiger partial charge is 0.508 e. The Hall–Kier alpha value is -5.45. The number of carbonyl (C=O) groups is 4. The highest BCUT2D eigenvalue weighted by molar-refractivity contribution is 6.58. The van der Waals surface area contributed by atoms with Gasteiger partial charge in [-0.3, -0.25) is 24.1 Å². The first-order valence-electron chi connectivity index (χ1n) is 17.2. The average molecular weight is 751 g/mol. The number of phenolic OH excluding ortho intramolecular Hbond substituents is 1. The lowest BCUT2D eigenvalue weighted by atomic mass is 9.56. The molecule has 6 unspecified atom stereocenters. The van der Waals surface area contributed by atoms with Crippen LogP contribution >= 0.6 is 23.2 Å². The van der Waals surface area contributed by atoms with Crippen molar-refractivity contribution in [3.05, 3.63) is 132 Å². The Morgan fingerprint density at radius 2 is 1.47 bits per heavy atom. The highest BCUT2D eigenvalue weighted by Crippen LogP contribution is 2.65. The SMILES string of the molecule is O=C1C2CC=C3C(CC4(Cl)C(=O)N(c5ccc(F)cc5)C(=O)C4(Cl)C3C3=COc4ccc(O)cc4C3)C2C(=O)N1c1ccc(Nc2ccccc2)cc1. The van der Waals surface area contributed by atoms with E-state index in [-0.39, 0.29) is 36.6 Å². The van der Waals surface area contributed by atoms with Crippen molar-refractivity contribution in [2.75, 3.05) is 15.1 Å². The number of carbonyl (C=O) groups excluding carboxylic acids is 4. The van der Waals surface area contributed by atoms with E-state index >= 15 is 0 Å². The third-order valence-electron chi connectivity index (χ3n) is 11.2. The number of amides is 4. The summed E-state index contributed by atoms with van der Waals surface area (Å²) in [6, 6.07) is 26.1. The maximum Gasteiger partial charge on any atom is 0.258 e. The number of para-hydroxylation sites is 1. The monoisotopic (exact) mass is 749 g/mol. The van der Waals surface area contributed by atoms with Gasteiger partial charge in [-0.2, -0.15) is 0 Å². The number of ether oxygens (including phenoxy) is 1. The summed E-state index contributed by atoms with van der Waals surface area (Å²) < 4.78 is 20.0. The molecule has 2 aliphatic carbocycles. The zero-order chi connectivity index (χ0) is 36.8. The summed E-state index contributed by atoms with van der Waals surface area (Å²) in [4.78, 5) is 55.7. The smallest absolute Gasteiger partial charge is 0.258 e. The van der Waals surface area contributed by atoms with Crippen LogP contribution in [0, 0.1) is 29.5 Å². The molecule has 0 aromatic heterocycles. The van der Waals surface area contributed by atoms with Crippen LogP contribution in [-0.2, 0) is 25.6 Å². The molecule has 12 heteroatoms. The number of nitrogens with one attached hydrogen (secondary N) is 1.